The van der Waals surface area contributed by atoms with E-state index in [0.717, 1.165) is 25.4 Å². The fraction of sp³-hybridized carbons (Fsp3) is 0.500. The maximum absolute atomic E-state index is 13.1. The molecule has 7 heteroatoms. The zero-order valence-corrected chi connectivity index (χ0v) is 13.4. The summed E-state index contributed by atoms with van der Waals surface area (Å²) >= 11 is 0. The van der Waals surface area contributed by atoms with Gasteiger partial charge in [-0.15, -0.1) is 12.4 Å². The largest absolute Gasteiger partial charge is 0.485 e. The molecular weight excluding hydrogens is 321 g/mol. The van der Waals surface area contributed by atoms with Crippen LogP contribution in [0.4, 0.5) is 4.39 Å². The van der Waals surface area contributed by atoms with Crippen LogP contribution in [0.3, 0.4) is 0 Å². The number of piperidine rings is 1. The molecule has 0 radical (unpaired) electrons. The van der Waals surface area contributed by atoms with Crippen molar-refractivity contribution in [2.24, 2.45) is 5.41 Å². The van der Waals surface area contributed by atoms with Gasteiger partial charge in [0.15, 0.2) is 6.61 Å². The highest BCUT2D eigenvalue weighted by Gasteiger charge is 2.57. The minimum absolute atomic E-state index is 0. The predicted octanol–water partition coefficient (Wildman–Crippen LogP) is 3.07. The van der Waals surface area contributed by atoms with Crippen molar-refractivity contribution in [1.29, 1.82) is 0 Å². The van der Waals surface area contributed by atoms with E-state index in [1.165, 1.54) is 25.0 Å². The summed E-state index contributed by atoms with van der Waals surface area (Å²) in [6.07, 6.45) is 3.49. The zero-order chi connectivity index (χ0) is 15.0. The van der Waals surface area contributed by atoms with E-state index in [1.54, 1.807) is 12.1 Å². The molecule has 1 unspecified atom stereocenters. The van der Waals surface area contributed by atoms with Gasteiger partial charge in [-0.2, -0.15) is 4.98 Å². The van der Waals surface area contributed by atoms with Crippen molar-refractivity contribution in [3.05, 3.63) is 41.8 Å². The van der Waals surface area contributed by atoms with Crippen LogP contribution < -0.4 is 10.1 Å². The molecule has 1 saturated heterocycles. The number of halogens is 2. The van der Waals surface area contributed by atoms with Gasteiger partial charge in [0, 0.05) is 12.0 Å². The van der Waals surface area contributed by atoms with Crippen molar-refractivity contribution in [3.63, 3.8) is 0 Å². The van der Waals surface area contributed by atoms with E-state index in [-0.39, 0.29) is 24.8 Å². The van der Waals surface area contributed by atoms with Crippen molar-refractivity contribution < 1.29 is 13.7 Å². The Balaban J connectivity index is 0.00000156. The molecule has 1 aromatic carbocycles. The monoisotopic (exact) mass is 339 g/mol. The minimum Gasteiger partial charge on any atom is -0.485 e. The topological polar surface area (TPSA) is 60.2 Å². The maximum Gasteiger partial charge on any atom is 0.230 e. The molecule has 2 heterocycles. The van der Waals surface area contributed by atoms with Gasteiger partial charge in [0.1, 0.15) is 11.6 Å². The van der Waals surface area contributed by atoms with Crippen LogP contribution >= 0.6 is 12.4 Å². The normalized spacial score (nSPS) is 21.7. The smallest absolute Gasteiger partial charge is 0.230 e. The molecule has 1 spiro atoms. The Bertz CT molecular complexity index is 673. The lowest BCUT2D eigenvalue weighted by Gasteiger charge is -2.22. The molecule has 5 nitrogen and oxygen atoms in total. The highest BCUT2D eigenvalue weighted by atomic mass is 35.5. The molecule has 1 atom stereocenters. The third-order valence-corrected chi connectivity index (χ3v) is 4.73. The van der Waals surface area contributed by atoms with Crippen LogP contribution in [0.2, 0.25) is 0 Å². The number of hydrogen-bond acceptors (Lipinski definition) is 5. The predicted molar refractivity (Wildman–Crippen MR) is 84.2 cm³/mol. The lowest BCUT2D eigenvalue weighted by Crippen LogP contribution is -2.29. The van der Waals surface area contributed by atoms with Crippen molar-refractivity contribution in [2.45, 2.75) is 31.8 Å². The highest BCUT2D eigenvalue weighted by Crippen LogP contribution is 2.63. The number of rotatable bonds is 4. The lowest BCUT2D eigenvalue weighted by molar-refractivity contribution is 0.281. The molecule has 1 saturated carbocycles. The molecule has 1 aromatic heterocycles. The van der Waals surface area contributed by atoms with E-state index >= 15 is 0 Å². The molecule has 2 aromatic rings. The van der Waals surface area contributed by atoms with Crippen molar-refractivity contribution in [2.75, 3.05) is 13.1 Å². The number of benzene rings is 1. The first-order chi connectivity index (χ1) is 10.8. The summed E-state index contributed by atoms with van der Waals surface area (Å²) in [7, 11) is 0. The van der Waals surface area contributed by atoms with Crippen molar-refractivity contribution >= 4 is 12.4 Å². The van der Waals surface area contributed by atoms with Gasteiger partial charge in [0.2, 0.25) is 11.7 Å². The third kappa shape index (κ3) is 3.33. The molecule has 23 heavy (non-hydrogen) atoms. The van der Waals surface area contributed by atoms with E-state index in [1.807, 2.05) is 0 Å². The van der Waals surface area contributed by atoms with E-state index < -0.39 is 0 Å². The molecule has 0 bridgehead atoms. The molecule has 1 aliphatic heterocycles. The van der Waals surface area contributed by atoms with Crippen LogP contribution in [-0.2, 0) is 6.61 Å². The molecule has 4 rings (SSSR count). The number of hydrogen-bond donors (Lipinski definition) is 1. The van der Waals surface area contributed by atoms with Gasteiger partial charge in [-0.1, -0.05) is 11.2 Å². The Hall–Kier alpha value is -1.66. The Morgan fingerprint density at radius 3 is 2.96 bits per heavy atom. The second-order valence-corrected chi connectivity index (χ2v) is 6.16. The first-order valence-corrected chi connectivity index (χ1v) is 7.67. The standard InChI is InChI=1S/C16H18FN3O2.ClH/c17-11-2-1-3-12(8-11)21-10-14-19-15(22-20-14)13-9-16(13)4-6-18-7-5-16;/h1-3,8,13,18H,4-7,9-10H2;1H. The third-order valence-electron chi connectivity index (χ3n) is 4.73. The maximum atomic E-state index is 13.1. The van der Waals surface area contributed by atoms with E-state index in [9.17, 15) is 4.39 Å². The van der Waals surface area contributed by atoms with Gasteiger partial charge in [-0.05, 0) is 49.9 Å². The minimum atomic E-state index is -0.322. The molecule has 1 aliphatic carbocycles. The van der Waals surface area contributed by atoms with Crippen molar-refractivity contribution in [3.8, 4) is 5.75 Å². The van der Waals surface area contributed by atoms with Crippen LogP contribution in [0.1, 0.15) is 36.9 Å². The van der Waals surface area contributed by atoms with Gasteiger partial charge in [-0.25, -0.2) is 4.39 Å². The van der Waals surface area contributed by atoms with Gasteiger partial charge in [-0.3, -0.25) is 0 Å². The van der Waals surface area contributed by atoms with Crippen LogP contribution in [0, 0.1) is 11.2 Å². The average molecular weight is 340 g/mol. The van der Waals surface area contributed by atoms with E-state index in [2.05, 4.69) is 15.5 Å². The summed E-state index contributed by atoms with van der Waals surface area (Å²) in [4.78, 5) is 4.44. The van der Waals surface area contributed by atoms with Gasteiger partial charge in [0.05, 0.1) is 0 Å². The number of nitrogens with zero attached hydrogens (tertiary/aromatic N) is 2. The Kier molecular flexibility index (Phi) is 4.55. The first-order valence-electron chi connectivity index (χ1n) is 7.67. The lowest BCUT2D eigenvalue weighted by atomic mass is 9.92. The summed E-state index contributed by atoms with van der Waals surface area (Å²) in [5.74, 6) is 1.77. The second-order valence-electron chi connectivity index (χ2n) is 6.16. The van der Waals surface area contributed by atoms with Gasteiger partial charge in [0.25, 0.3) is 0 Å². The molecular formula is C16H19ClFN3O2. The second kappa shape index (κ2) is 6.45. The number of ether oxygens (including phenoxy) is 1. The SMILES string of the molecule is Cl.Fc1cccc(OCc2noc(C3CC34CCNCC4)n2)c1. The summed E-state index contributed by atoms with van der Waals surface area (Å²) in [6, 6.07) is 6.03. The highest BCUT2D eigenvalue weighted by molar-refractivity contribution is 5.85. The van der Waals surface area contributed by atoms with Crippen LogP contribution in [-0.4, -0.2) is 23.2 Å². The van der Waals surface area contributed by atoms with Gasteiger partial charge >= 0.3 is 0 Å². The molecule has 0 amide bonds. The zero-order valence-electron chi connectivity index (χ0n) is 12.6. The first kappa shape index (κ1) is 16.2. The fourth-order valence-electron chi connectivity index (χ4n) is 3.35. The Morgan fingerprint density at radius 2 is 2.17 bits per heavy atom. The van der Waals surface area contributed by atoms with E-state index in [4.69, 9.17) is 9.26 Å². The summed E-state index contributed by atoms with van der Waals surface area (Å²) in [6.45, 7) is 2.33. The molecule has 1 N–H and O–H groups in total. The molecule has 124 valence electrons. The Labute approximate surface area is 140 Å². The molecule has 2 fully saturated rings. The van der Waals surface area contributed by atoms with Crippen molar-refractivity contribution in [1.82, 2.24) is 15.5 Å². The summed E-state index contributed by atoms with van der Waals surface area (Å²) in [5, 5.41) is 7.36. The van der Waals surface area contributed by atoms with Gasteiger partial charge < -0.3 is 14.6 Å². The quantitative estimate of drug-likeness (QED) is 0.927. The van der Waals surface area contributed by atoms with Crippen LogP contribution in [0.25, 0.3) is 0 Å². The van der Waals surface area contributed by atoms with Crippen LogP contribution in [0.5, 0.6) is 5.75 Å². The average Bonchev–Trinajstić information content (AvgIpc) is 3.01. The Morgan fingerprint density at radius 1 is 1.35 bits per heavy atom. The fourth-order valence-corrected chi connectivity index (χ4v) is 3.35. The summed E-state index contributed by atoms with van der Waals surface area (Å²) < 4.78 is 24.0. The summed E-state index contributed by atoms with van der Waals surface area (Å²) in [5.41, 5.74) is 0.373. The number of aromatic nitrogens is 2. The van der Waals surface area contributed by atoms with Crippen LogP contribution in [0.15, 0.2) is 28.8 Å². The molecule has 2 aliphatic rings. The van der Waals surface area contributed by atoms with E-state index in [0.29, 0.717) is 22.9 Å². The number of nitrogens with one attached hydrogen (secondary N) is 1.